The highest BCUT2D eigenvalue weighted by Gasteiger charge is 2.11. The maximum absolute atomic E-state index is 12.3. The molecule has 0 unspecified atom stereocenters. The van der Waals surface area contributed by atoms with Gasteiger partial charge in [0.1, 0.15) is 11.4 Å². The van der Waals surface area contributed by atoms with Gasteiger partial charge in [-0.15, -0.1) is 0 Å². The number of hydrogen-bond acceptors (Lipinski definition) is 3. The highest BCUT2D eigenvalue weighted by atomic mass is 79.9. The minimum atomic E-state index is -0.197. The molecule has 25 heavy (non-hydrogen) atoms. The van der Waals surface area contributed by atoms with E-state index in [0.717, 1.165) is 27.0 Å². The van der Waals surface area contributed by atoms with E-state index in [9.17, 15) is 4.79 Å². The van der Waals surface area contributed by atoms with Gasteiger partial charge in [-0.2, -0.15) is 5.10 Å². The molecule has 5 nitrogen and oxygen atoms in total. The van der Waals surface area contributed by atoms with Crippen molar-refractivity contribution in [2.75, 3.05) is 6.61 Å². The second kappa shape index (κ2) is 7.98. The van der Waals surface area contributed by atoms with Crippen molar-refractivity contribution >= 4 is 21.8 Å². The van der Waals surface area contributed by atoms with Gasteiger partial charge in [-0.3, -0.25) is 9.89 Å². The predicted molar refractivity (Wildman–Crippen MR) is 101 cm³/mol. The van der Waals surface area contributed by atoms with Crippen molar-refractivity contribution in [2.45, 2.75) is 13.5 Å². The molecule has 0 radical (unpaired) electrons. The second-order valence-corrected chi connectivity index (χ2v) is 6.35. The minimum absolute atomic E-state index is 0.197. The molecule has 0 atom stereocenters. The van der Waals surface area contributed by atoms with Gasteiger partial charge in [0, 0.05) is 16.6 Å². The number of hydrogen-bond donors (Lipinski definition) is 2. The number of H-pyrrole nitrogens is 1. The molecule has 0 aliphatic carbocycles. The van der Waals surface area contributed by atoms with Crippen molar-refractivity contribution in [1.82, 2.24) is 15.5 Å². The Hall–Kier alpha value is -2.60. The van der Waals surface area contributed by atoms with Gasteiger partial charge in [0.2, 0.25) is 0 Å². The van der Waals surface area contributed by atoms with E-state index in [1.165, 1.54) is 0 Å². The lowest BCUT2D eigenvalue weighted by atomic mass is 10.1. The lowest BCUT2D eigenvalue weighted by Gasteiger charge is -2.07. The van der Waals surface area contributed by atoms with E-state index in [1.54, 1.807) is 6.07 Å². The molecule has 0 saturated heterocycles. The Kier molecular flexibility index (Phi) is 5.50. The van der Waals surface area contributed by atoms with Crippen LogP contribution in [-0.4, -0.2) is 22.7 Å². The molecule has 1 heterocycles. The maximum atomic E-state index is 12.3. The smallest absolute Gasteiger partial charge is 0.269 e. The first-order valence-corrected chi connectivity index (χ1v) is 8.76. The lowest BCUT2D eigenvalue weighted by molar-refractivity contribution is 0.0946. The Morgan fingerprint density at radius 3 is 2.76 bits per heavy atom. The van der Waals surface area contributed by atoms with Crippen LogP contribution in [0.3, 0.4) is 0 Å². The molecule has 3 rings (SSSR count). The van der Waals surface area contributed by atoms with Crippen LogP contribution in [0.5, 0.6) is 5.75 Å². The molecule has 0 bridgehead atoms. The number of ether oxygens (including phenoxy) is 1. The molecule has 0 spiro atoms. The van der Waals surface area contributed by atoms with Crippen LogP contribution in [0.4, 0.5) is 0 Å². The Labute approximate surface area is 154 Å². The molecule has 0 saturated carbocycles. The highest BCUT2D eigenvalue weighted by Crippen LogP contribution is 2.20. The van der Waals surface area contributed by atoms with Crippen molar-refractivity contribution in [3.8, 4) is 17.0 Å². The van der Waals surface area contributed by atoms with Crippen molar-refractivity contribution in [2.24, 2.45) is 0 Å². The van der Waals surface area contributed by atoms with E-state index in [0.29, 0.717) is 18.8 Å². The number of carbonyl (C=O) groups is 1. The van der Waals surface area contributed by atoms with Crippen LogP contribution in [0, 0.1) is 0 Å². The molecule has 0 fully saturated rings. The third-order valence-electron chi connectivity index (χ3n) is 3.62. The van der Waals surface area contributed by atoms with E-state index in [4.69, 9.17) is 4.74 Å². The van der Waals surface area contributed by atoms with Crippen molar-refractivity contribution < 1.29 is 9.53 Å². The summed E-state index contributed by atoms with van der Waals surface area (Å²) in [5.74, 6) is 0.603. The number of benzene rings is 2. The molecule has 6 heteroatoms. The largest absolute Gasteiger partial charge is 0.494 e. The Morgan fingerprint density at radius 2 is 2.00 bits per heavy atom. The normalized spacial score (nSPS) is 10.5. The molecule has 1 aromatic heterocycles. The highest BCUT2D eigenvalue weighted by molar-refractivity contribution is 9.10. The average Bonchev–Trinajstić information content (AvgIpc) is 3.11. The van der Waals surface area contributed by atoms with Crippen LogP contribution in [0.1, 0.15) is 23.0 Å². The molecular weight excluding hydrogens is 382 g/mol. The predicted octanol–water partition coefficient (Wildman–Crippen LogP) is 4.17. The summed E-state index contributed by atoms with van der Waals surface area (Å²) in [4.78, 5) is 12.3. The molecule has 128 valence electrons. The maximum Gasteiger partial charge on any atom is 0.269 e. The van der Waals surface area contributed by atoms with E-state index in [-0.39, 0.29) is 5.91 Å². The van der Waals surface area contributed by atoms with Gasteiger partial charge in [-0.05, 0) is 42.8 Å². The monoisotopic (exact) mass is 399 g/mol. The van der Waals surface area contributed by atoms with Gasteiger partial charge in [0.15, 0.2) is 0 Å². The summed E-state index contributed by atoms with van der Waals surface area (Å²) in [5, 5.41) is 9.88. The Morgan fingerprint density at radius 1 is 1.20 bits per heavy atom. The Balaban J connectivity index is 1.64. The van der Waals surface area contributed by atoms with Crippen LogP contribution < -0.4 is 10.1 Å². The third-order valence-corrected chi connectivity index (χ3v) is 4.15. The zero-order valence-corrected chi connectivity index (χ0v) is 15.3. The van der Waals surface area contributed by atoms with Crippen LogP contribution in [-0.2, 0) is 6.54 Å². The fourth-order valence-electron chi connectivity index (χ4n) is 2.40. The van der Waals surface area contributed by atoms with E-state index in [2.05, 4.69) is 31.4 Å². The summed E-state index contributed by atoms with van der Waals surface area (Å²) in [5.41, 5.74) is 3.09. The molecule has 2 N–H and O–H groups in total. The molecular formula is C19H18BrN3O2. The van der Waals surface area contributed by atoms with Crippen LogP contribution in [0.15, 0.2) is 59.1 Å². The van der Waals surface area contributed by atoms with Gasteiger partial charge >= 0.3 is 0 Å². The molecule has 2 aromatic carbocycles. The number of halogens is 1. The van der Waals surface area contributed by atoms with Gasteiger partial charge in [-0.1, -0.05) is 40.2 Å². The quantitative estimate of drug-likeness (QED) is 0.653. The SMILES string of the molecule is CCOc1cccc(CNC(=O)c2cc(-c3ccc(Br)cc3)n[nH]2)c1. The topological polar surface area (TPSA) is 67.0 Å². The van der Waals surface area contributed by atoms with Gasteiger partial charge in [-0.25, -0.2) is 0 Å². The second-order valence-electron chi connectivity index (χ2n) is 5.44. The molecule has 3 aromatic rings. The first kappa shape index (κ1) is 17.2. The van der Waals surface area contributed by atoms with E-state index >= 15 is 0 Å². The van der Waals surface area contributed by atoms with E-state index < -0.39 is 0 Å². The zero-order valence-electron chi connectivity index (χ0n) is 13.8. The summed E-state index contributed by atoms with van der Waals surface area (Å²) in [6, 6.07) is 17.2. The van der Waals surface area contributed by atoms with Crippen LogP contribution >= 0.6 is 15.9 Å². The van der Waals surface area contributed by atoms with Gasteiger partial charge in [0.25, 0.3) is 5.91 Å². The number of rotatable bonds is 6. The number of aromatic amines is 1. The summed E-state index contributed by atoms with van der Waals surface area (Å²) in [6.07, 6.45) is 0. The first-order chi connectivity index (χ1) is 12.2. The third kappa shape index (κ3) is 4.48. The number of amides is 1. The van der Waals surface area contributed by atoms with Crippen LogP contribution in [0.25, 0.3) is 11.3 Å². The number of nitrogens with one attached hydrogen (secondary N) is 2. The standard InChI is InChI=1S/C19H18BrN3O2/c1-2-25-16-5-3-4-13(10-16)12-21-19(24)18-11-17(22-23-18)14-6-8-15(20)9-7-14/h3-11H,2,12H2,1H3,(H,21,24)(H,22,23). The Bertz CT molecular complexity index is 859. The molecule has 0 aliphatic rings. The number of aromatic nitrogens is 2. The van der Waals surface area contributed by atoms with Crippen LogP contribution in [0.2, 0.25) is 0 Å². The number of carbonyl (C=O) groups excluding carboxylic acids is 1. The van der Waals surface area contributed by atoms with Crippen molar-refractivity contribution in [3.63, 3.8) is 0 Å². The average molecular weight is 400 g/mol. The van der Waals surface area contributed by atoms with Gasteiger partial charge < -0.3 is 10.1 Å². The summed E-state index contributed by atoms with van der Waals surface area (Å²) >= 11 is 3.40. The fourth-order valence-corrected chi connectivity index (χ4v) is 2.66. The summed E-state index contributed by atoms with van der Waals surface area (Å²) < 4.78 is 6.47. The van der Waals surface area contributed by atoms with Gasteiger partial charge in [0.05, 0.1) is 12.3 Å². The van der Waals surface area contributed by atoms with E-state index in [1.807, 2.05) is 55.5 Å². The summed E-state index contributed by atoms with van der Waals surface area (Å²) in [7, 11) is 0. The first-order valence-electron chi connectivity index (χ1n) is 7.97. The minimum Gasteiger partial charge on any atom is -0.494 e. The summed E-state index contributed by atoms with van der Waals surface area (Å²) in [6.45, 7) is 2.98. The molecule has 1 amide bonds. The van der Waals surface area contributed by atoms with Crippen molar-refractivity contribution in [3.05, 3.63) is 70.3 Å². The number of nitrogens with zero attached hydrogens (tertiary/aromatic N) is 1. The lowest BCUT2D eigenvalue weighted by Crippen LogP contribution is -2.23. The molecule has 0 aliphatic heterocycles. The fraction of sp³-hybridized carbons (Fsp3) is 0.158. The van der Waals surface area contributed by atoms with Crippen molar-refractivity contribution in [1.29, 1.82) is 0 Å². The zero-order chi connectivity index (χ0) is 17.6.